The lowest BCUT2D eigenvalue weighted by Crippen LogP contribution is -2.24. The zero-order valence-electron chi connectivity index (χ0n) is 10.6. The van der Waals surface area contributed by atoms with Crippen molar-refractivity contribution < 1.29 is 23.8 Å². The predicted molar refractivity (Wildman–Crippen MR) is 67.8 cm³/mol. The van der Waals surface area contributed by atoms with Gasteiger partial charge in [0.2, 0.25) is 0 Å². The Morgan fingerprint density at radius 3 is 2.63 bits per heavy atom. The fourth-order valence-electron chi connectivity index (χ4n) is 1.35. The molecule has 5 nitrogen and oxygen atoms in total. The monoisotopic (exact) mass is 267 g/mol. The number of ether oxygens (including phenoxy) is 1. The third-order valence-electron chi connectivity index (χ3n) is 2.30. The topological polar surface area (TPSA) is 66.8 Å². The Balaban J connectivity index is 2.88. The Morgan fingerprint density at radius 1 is 1.42 bits per heavy atom. The second-order valence-corrected chi connectivity index (χ2v) is 3.62. The first kappa shape index (κ1) is 14.7. The van der Waals surface area contributed by atoms with Crippen LogP contribution in [0.15, 0.2) is 30.4 Å². The lowest BCUT2D eigenvalue weighted by molar-refractivity contribution is -0.131. The van der Waals surface area contributed by atoms with Crippen molar-refractivity contribution in [1.82, 2.24) is 0 Å². The predicted octanol–water partition coefficient (Wildman–Crippen LogP) is 1.83. The van der Waals surface area contributed by atoms with Gasteiger partial charge in [-0.25, -0.2) is 9.18 Å². The molecule has 1 rings (SSSR count). The highest BCUT2D eigenvalue weighted by Crippen LogP contribution is 2.23. The van der Waals surface area contributed by atoms with Gasteiger partial charge >= 0.3 is 5.97 Å². The third kappa shape index (κ3) is 4.09. The fraction of sp³-hybridized carbons (Fsp3) is 0.231. The number of amides is 1. The van der Waals surface area contributed by atoms with Gasteiger partial charge < -0.3 is 14.7 Å². The number of nitrogens with zero attached hydrogens (tertiary/aromatic N) is 1. The molecule has 0 unspecified atom stereocenters. The van der Waals surface area contributed by atoms with E-state index in [1.54, 1.807) is 6.92 Å². The number of hydrogen-bond donors (Lipinski definition) is 1. The first-order valence-corrected chi connectivity index (χ1v) is 5.56. The van der Waals surface area contributed by atoms with Crippen molar-refractivity contribution in [1.29, 1.82) is 0 Å². The van der Waals surface area contributed by atoms with E-state index in [1.165, 1.54) is 19.2 Å². The van der Waals surface area contributed by atoms with Crippen molar-refractivity contribution in [2.45, 2.75) is 6.92 Å². The van der Waals surface area contributed by atoms with E-state index in [0.29, 0.717) is 12.3 Å². The van der Waals surface area contributed by atoms with E-state index in [-0.39, 0.29) is 5.75 Å². The molecule has 0 spiro atoms. The molecule has 0 aliphatic heterocycles. The summed E-state index contributed by atoms with van der Waals surface area (Å²) in [6.07, 6.45) is 1.63. The van der Waals surface area contributed by atoms with Gasteiger partial charge in [-0.2, -0.15) is 0 Å². The first-order chi connectivity index (χ1) is 8.95. The number of anilines is 1. The van der Waals surface area contributed by atoms with Gasteiger partial charge in [0.05, 0.1) is 6.61 Å². The molecule has 1 aromatic rings. The zero-order chi connectivity index (χ0) is 14.4. The van der Waals surface area contributed by atoms with E-state index in [2.05, 4.69) is 0 Å². The molecule has 1 N–H and O–H groups in total. The van der Waals surface area contributed by atoms with Crippen LogP contribution in [0.1, 0.15) is 6.92 Å². The molecule has 6 heteroatoms. The van der Waals surface area contributed by atoms with E-state index < -0.39 is 17.7 Å². The van der Waals surface area contributed by atoms with Crippen LogP contribution in [-0.4, -0.2) is 30.6 Å². The number of carboxylic acid groups (broad SMARTS) is 1. The minimum atomic E-state index is -1.22. The van der Waals surface area contributed by atoms with Gasteiger partial charge in [0, 0.05) is 31.0 Å². The van der Waals surface area contributed by atoms with Gasteiger partial charge in [-0.05, 0) is 19.1 Å². The number of carboxylic acids is 1. The maximum Gasteiger partial charge on any atom is 0.328 e. The summed E-state index contributed by atoms with van der Waals surface area (Å²) >= 11 is 0. The number of carbonyl (C=O) groups is 2. The summed E-state index contributed by atoms with van der Waals surface area (Å²) in [5, 5.41) is 8.42. The molecule has 0 aliphatic carbocycles. The van der Waals surface area contributed by atoms with Gasteiger partial charge in [-0.15, -0.1) is 0 Å². The molecule has 0 fully saturated rings. The highest BCUT2D eigenvalue weighted by Gasteiger charge is 2.11. The van der Waals surface area contributed by atoms with Crippen LogP contribution >= 0.6 is 0 Å². The molecule has 0 radical (unpaired) electrons. The average molecular weight is 267 g/mol. The van der Waals surface area contributed by atoms with Gasteiger partial charge in [-0.3, -0.25) is 4.79 Å². The summed E-state index contributed by atoms with van der Waals surface area (Å²) < 4.78 is 18.6. The maximum atomic E-state index is 13.6. The number of benzene rings is 1. The molecule has 1 aromatic carbocycles. The summed E-state index contributed by atoms with van der Waals surface area (Å²) in [4.78, 5) is 23.0. The van der Waals surface area contributed by atoms with Crippen LogP contribution in [0, 0.1) is 5.82 Å². The third-order valence-corrected chi connectivity index (χ3v) is 2.30. The summed E-state index contributed by atoms with van der Waals surface area (Å²) in [6.45, 7) is 2.08. The zero-order valence-corrected chi connectivity index (χ0v) is 10.6. The van der Waals surface area contributed by atoms with Crippen molar-refractivity contribution in [3.05, 3.63) is 36.2 Å². The Kier molecular flexibility index (Phi) is 5.05. The molecule has 0 atom stereocenters. The highest BCUT2D eigenvalue weighted by atomic mass is 19.1. The van der Waals surface area contributed by atoms with Crippen LogP contribution in [0.25, 0.3) is 0 Å². The molecule has 0 saturated heterocycles. The second-order valence-electron chi connectivity index (χ2n) is 3.62. The Morgan fingerprint density at radius 2 is 2.11 bits per heavy atom. The van der Waals surface area contributed by atoms with E-state index in [9.17, 15) is 14.0 Å². The number of carbonyl (C=O) groups excluding carboxylic acids is 1. The molecular weight excluding hydrogens is 253 g/mol. The quantitative estimate of drug-likeness (QED) is 0.826. The molecule has 19 heavy (non-hydrogen) atoms. The Bertz CT molecular complexity index is 513. The number of hydrogen-bond acceptors (Lipinski definition) is 3. The number of aliphatic carboxylic acids is 1. The second kappa shape index (κ2) is 6.53. The van der Waals surface area contributed by atoms with Gasteiger partial charge in [0.15, 0.2) is 11.6 Å². The maximum absolute atomic E-state index is 13.6. The van der Waals surface area contributed by atoms with Crippen molar-refractivity contribution >= 4 is 17.6 Å². The van der Waals surface area contributed by atoms with Gasteiger partial charge in [0.25, 0.3) is 5.91 Å². The standard InChI is InChI=1S/C13H14FNO4/c1-3-19-11-5-4-9(8-10(11)14)15(2)12(16)6-7-13(17)18/h4-8H,3H2,1-2H3,(H,17,18)/b7-6+. The smallest absolute Gasteiger partial charge is 0.328 e. The Hall–Kier alpha value is -2.37. The number of rotatable bonds is 5. The molecule has 102 valence electrons. The van der Waals surface area contributed by atoms with Crippen molar-refractivity contribution in [2.24, 2.45) is 0 Å². The van der Waals surface area contributed by atoms with Crippen molar-refractivity contribution in [3.63, 3.8) is 0 Å². The molecule has 0 aromatic heterocycles. The molecule has 0 saturated carbocycles. The van der Waals surface area contributed by atoms with Crippen LogP contribution in [0.2, 0.25) is 0 Å². The highest BCUT2D eigenvalue weighted by molar-refractivity contribution is 6.03. The van der Waals surface area contributed by atoms with E-state index >= 15 is 0 Å². The summed E-state index contributed by atoms with van der Waals surface area (Å²) in [5.74, 6) is -2.26. The summed E-state index contributed by atoms with van der Waals surface area (Å²) in [6, 6.07) is 4.08. The van der Waals surface area contributed by atoms with Gasteiger partial charge in [0.1, 0.15) is 0 Å². The van der Waals surface area contributed by atoms with E-state index in [1.807, 2.05) is 0 Å². The number of halogens is 1. The van der Waals surface area contributed by atoms with Crippen LogP contribution in [-0.2, 0) is 9.59 Å². The first-order valence-electron chi connectivity index (χ1n) is 5.56. The lowest BCUT2D eigenvalue weighted by atomic mass is 10.2. The molecular formula is C13H14FNO4. The minimum Gasteiger partial charge on any atom is -0.491 e. The summed E-state index contributed by atoms with van der Waals surface area (Å²) in [5.41, 5.74) is 0.306. The van der Waals surface area contributed by atoms with Crippen LogP contribution in [0.3, 0.4) is 0 Å². The van der Waals surface area contributed by atoms with Crippen LogP contribution in [0.4, 0.5) is 10.1 Å². The minimum absolute atomic E-state index is 0.105. The fourth-order valence-corrected chi connectivity index (χ4v) is 1.35. The Labute approximate surface area is 109 Å². The van der Waals surface area contributed by atoms with Crippen molar-refractivity contribution in [3.8, 4) is 5.75 Å². The van der Waals surface area contributed by atoms with Crippen LogP contribution < -0.4 is 9.64 Å². The largest absolute Gasteiger partial charge is 0.491 e. The molecule has 0 heterocycles. The molecule has 0 bridgehead atoms. The SMILES string of the molecule is CCOc1ccc(N(C)C(=O)/C=C/C(=O)O)cc1F. The molecule has 1 amide bonds. The van der Waals surface area contributed by atoms with Crippen molar-refractivity contribution in [2.75, 3.05) is 18.6 Å². The van der Waals surface area contributed by atoms with E-state index in [4.69, 9.17) is 9.84 Å². The van der Waals surface area contributed by atoms with Gasteiger partial charge in [-0.1, -0.05) is 0 Å². The van der Waals surface area contributed by atoms with E-state index in [0.717, 1.165) is 23.1 Å². The van der Waals surface area contributed by atoms with Crippen LogP contribution in [0.5, 0.6) is 5.75 Å². The number of likely N-dealkylation sites (N-methyl/N-ethyl adjacent to an activating group) is 1. The summed E-state index contributed by atoms with van der Waals surface area (Å²) in [7, 11) is 1.42. The lowest BCUT2D eigenvalue weighted by Gasteiger charge is -2.16. The molecule has 0 aliphatic rings. The average Bonchev–Trinajstić information content (AvgIpc) is 2.37. The normalized spacial score (nSPS) is 10.5.